The number of nitrogens with two attached hydrogens (primary N) is 1. The molecule has 1 saturated heterocycles. The highest BCUT2D eigenvalue weighted by atomic mass is 16.5. The molecule has 0 atom stereocenters. The Bertz CT molecular complexity index is 226. The summed E-state index contributed by atoms with van der Waals surface area (Å²) in [5, 5.41) is 11.4. The smallest absolute Gasteiger partial charge is 0.139 e. The number of amidine groups is 1. The molecule has 0 aliphatic carbocycles. The number of hydrogen-bond acceptors (Lipinski definition) is 4. The molecule has 0 spiro atoms. The Hall–Kier alpha value is -0.810. The monoisotopic (exact) mass is 243 g/mol. The molecule has 1 rings (SSSR count). The van der Waals surface area contributed by atoms with Gasteiger partial charge in [-0.05, 0) is 39.2 Å². The lowest BCUT2D eigenvalue weighted by atomic mass is 10.1. The van der Waals surface area contributed by atoms with Crippen LogP contribution in [0, 0.1) is 0 Å². The lowest BCUT2D eigenvalue weighted by Crippen LogP contribution is -2.37. The van der Waals surface area contributed by atoms with Crippen molar-refractivity contribution in [1.82, 2.24) is 4.90 Å². The molecule has 17 heavy (non-hydrogen) atoms. The van der Waals surface area contributed by atoms with Gasteiger partial charge in [-0.1, -0.05) is 5.16 Å². The van der Waals surface area contributed by atoms with Crippen LogP contribution >= 0.6 is 0 Å². The molecule has 100 valence electrons. The molecular formula is C12H25N3O2. The van der Waals surface area contributed by atoms with Gasteiger partial charge in [-0.15, -0.1) is 0 Å². The van der Waals surface area contributed by atoms with Gasteiger partial charge < -0.3 is 20.6 Å². The van der Waals surface area contributed by atoms with Gasteiger partial charge in [0.15, 0.2) is 0 Å². The minimum absolute atomic E-state index is 0.333. The molecule has 0 aromatic rings. The summed E-state index contributed by atoms with van der Waals surface area (Å²) in [6, 6.07) is 0. The first-order valence-corrected chi connectivity index (χ1v) is 6.56. The van der Waals surface area contributed by atoms with Crippen LogP contribution in [0.2, 0.25) is 0 Å². The van der Waals surface area contributed by atoms with E-state index in [0.29, 0.717) is 18.4 Å². The first-order valence-electron chi connectivity index (χ1n) is 6.56. The molecule has 0 radical (unpaired) electrons. The fraction of sp³-hybridized carbons (Fsp3) is 0.917. The van der Waals surface area contributed by atoms with Crippen LogP contribution in [0.3, 0.4) is 0 Å². The van der Waals surface area contributed by atoms with Crippen LogP contribution < -0.4 is 5.73 Å². The second kappa shape index (κ2) is 8.31. The summed E-state index contributed by atoms with van der Waals surface area (Å²) in [6.45, 7) is 6.25. The highest BCUT2D eigenvalue weighted by Crippen LogP contribution is 2.14. The van der Waals surface area contributed by atoms with Gasteiger partial charge in [0.1, 0.15) is 5.84 Å². The van der Waals surface area contributed by atoms with E-state index in [1.54, 1.807) is 0 Å². The Morgan fingerprint density at radius 2 is 2.12 bits per heavy atom. The summed E-state index contributed by atoms with van der Waals surface area (Å²) >= 11 is 0. The summed E-state index contributed by atoms with van der Waals surface area (Å²) in [7, 11) is 0. The molecule has 0 amide bonds. The van der Waals surface area contributed by atoms with Gasteiger partial charge in [-0.3, -0.25) is 0 Å². The van der Waals surface area contributed by atoms with E-state index in [4.69, 9.17) is 15.7 Å². The molecule has 1 fully saturated rings. The second-order valence-electron chi connectivity index (χ2n) is 4.54. The number of nitrogens with zero attached hydrogens (tertiary/aromatic N) is 2. The maximum Gasteiger partial charge on any atom is 0.139 e. The standard InChI is InChI=1S/C12H25N3O2/c1-2-17-11-6-9-15(10-7-11)8-4-3-5-12(13)14-16/h11,16H,2-10H2,1H3,(H2,13,14). The number of hydrogen-bond donors (Lipinski definition) is 2. The van der Waals surface area contributed by atoms with E-state index in [0.717, 1.165) is 51.9 Å². The van der Waals surface area contributed by atoms with E-state index in [2.05, 4.69) is 17.0 Å². The van der Waals surface area contributed by atoms with Gasteiger partial charge in [0.05, 0.1) is 6.10 Å². The van der Waals surface area contributed by atoms with Gasteiger partial charge in [0.25, 0.3) is 0 Å². The third-order valence-electron chi connectivity index (χ3n) is 3.22. The SMILES string of the molecule is CCOC1CCN(CCCCC(N)=NO)CC1. The lowest BCUT2D eigenvalue weighted by Gasteiger charge is -2.31. The lowest BCUT2D eigenvalue weighted by molar-refractivity contribution is 0.0140. The zero-order chi connectivity index (χ0) is 12.5. The Morgan fingerprint density at radius 1 is 1.41 bits per heavy atom. The Balaban J connectivity index is 2.02. The minimum Gasteiger partial charge on any atom is -0.409 e. The van der Waals surface area contributed by atoms with Crippen molar-refractivity contribution in [3.63, 3.8) is 0 Å². The van der Waals surface area contributed by atoms with Crippen molar-refractivity contribution in [2.24, 2.45) is 10.9 Å². The largest absolute Gasteiger partial charge is 0.409 e. The molecule has 5 nitrogen and oxygen atoms in total. The summed E-state index contributed by atoms with van der Waals surface area (Å²) in [6.07, 6.45) is 5.54. The molecule has 1 heterocycles. The van der Waals surface area contributed by atoms with Crippen LogP contribution in [0.4, 0.5) is 0 Å². The van der Waals surface area contributed by atoms with E-state index < -0.39 is 0 Å². The topological polar surface area (TPSA) is 71.1 Å². The van der Waals surface area contributed by atoms with Crippen molar-refractivity contribution in [2.45, 2.75) is 45.1 Å². The van der Waals surface area contributed by atoms with Crippen molar-refractivity contribution in [2.75, 3.05) is 26.2 Å². The molecule has 0 bridgehead atoms. The van der Waals surface area contributed by atoms with Crippen LogP contribution in [-0.2, 0) is 4.74 Å². The summed E-state index contributed by atoms with van der Waals surface area (Å²) in [4.78, 5) is 2.47. The van der Waals surface area contributed by atoms with E-state index in [1.807, 2.05) is 0 Å². The van der Waals surface area contributed by atoms with Crippen molar-refractivity contribution in [1.29, 1.82) is 0 Å². The fourth-order valence-electron chi connectivity index (χ4n) is 2.23. The second-order valence-corrected chi connectivity index (χ2v) is 4.54. The predicted octanol–water partition coefficient (Wildman–Crippen LogP) is 1.40. The van der Waals surface area contributed by atoms with Gasteiger partial charge in [-0.25, -0.2) is 0 Å². The summed E-state index contributed by atoms with van der Waals surface area (Å²) in [5.41, 5.74) is 5.41. The number of ether oxygens (including phenoxy) is 1. The minimum atomic E-state index is 0.333. The van der Waals surface area contributed by atoms with E-state index in [9.17, 15) is 0 Å². The Labute approximate surface area is 104 Å². The van der Waals surface area contributed by atoms with Crippen LogP contribution in [0.15, 0.2) is 5.16 Å². The van der Waals surface area contributed by atoms with E-state index >= 15 is 0 Å². The third-order valence-corrected chi connectivity index (χ3v) is 3.22. The molecule has 0 aromatic carbocycles. The summed E-state index contributed by atoms with van der Waals surface area (Å²) < 4.78 is 5.62. The normalized spacial score (nSPS) is 19.7. The van der Waals surface area contributed by atoms with E-state index in [-0.39, 0.29) is 0 Å². The van der Waals surface area contributed by atoms with Crippen LogP contribution in [-0.4, -0.2) is 48.3 Å². The number of unbranched alkanes of at least 4 members (excludes halogenated alkanes) is 1. The van der Waals surface area contributed by atoms with Crippen LogP contribution in [0.1, 0.15) is 39.0 Å². The van der Waals surface area contributed by atoms with Crippen LogP contribution in [0.5, 0.6) is 0 Å². The van der Waals surface area contributed by atoms with E-state index in [1.165, 1.54) is 0 Å². The zero-order valence-corrected chi connectivity index (χ0v) is 10.8. The number of likely N-dealkylation sites (tertiary alicyclic amines) is 1. The molecule has 1 aliphatic heterocycles. The molecule has 0 unspecified atom stereocenters. The van der Waals surface area contributed by atoms with Crippen molar-refractivity contribution in [3.05, 3.63) is 0 Å². The average molecular weight is 243 g/mol. The van der Waals surface area contributed by atoms with Gasteiger partial charge >= 0.3 is 0 Å². The summed E-state index contributed by atoms with van der Waals surface area (Å²) in [5.74, 6) is 0.333. The average Bonchev–Trinajstić information content (AvgIpc) is 2.36. The molecule has 1 aliphatic rings. The highest BCUT2D eigenvalue weighted by molar-refractivity contribution is 5.79. The van der Waals surface area contributed by atoms with Gasteiger partial charge in [-0.2, -0.15) is 0 Å². The zero-order valence-electron chi connectivity index (χ0n) is 10.8. The van der Waals surface area contributed by atoms with Crippen molar-refractivity contribution in [3.8, 4) is 0 Å². The first kappa shape index (κ1) is 14.3. The Morgan fingerprint density at radius 3 is 2.71 bits per heavy atom. The maximum atomic E-state index is 8.40. The predicted molar refractivity (Wildman–Crippen MR) is 68.3 cm³/mol. The molecule has 5 heteroatoms. The maximum absolute atomic E-state index is 8.40. The quantitative estimate of drug-likeness (QED) is 0.233. The fourth-order valence-corrected chi connectivity index (χ4v) is 2.23. The third kappa shape index (κ3) is 5.89. The molecular weight excluding hydrogens is 218 g/mol. The van der Waals surface area contributed by atoms with Crippen molar-refractivity contribution < 1.29 is 9.94 Å². The Kier molecular flexibility index (Phi) is 6.96. The number of rotatable bonds is 7. The van der Waals surface area contributed by atoms with Gasteiger partial charge in [0, 0.05) is 26.1 Å². The van der Waals surface area contributed by atoms with Crippen molar-refractivity contribution >= 4 is 5.84 Å². The molecule has 3 N–H and O–H groups in total. The number of oxime groups is 1. The number of piperidine rings is 1. The first-order chi connectivity index (χ1) is 8.26. The van der Waals surface area contributed by atoms with Gasteiger partial charge in [0.2, 0.25) is 0 Å². The molecule has 0 aromatic heterocycles. The van der Waals surface area contributed by atoms with Crippen LogP contribution in [0.25, 0.3) is 0 Å². The molecule has 0 saturated carbocycles. The highest BCUT2D eigenvalue weighted by Gasteiger charge is 2.18.